The number of hydrogen-bond acceptors (Lipinski definition) is 2. The molecule has 134 valence electrons. The smallest absolute Gasteiger partial charge is 0.227 e. The molecule has 1 aliphatic heterocycles. The van der Waals surface area contributed by atoms with Gasteiger partial charge in [-0.25, -0.2) is 4.98 Å². The molecule has 1 fully saturated rings. The second-order valence-corrected chi connectivity index (χ2v) is 7.26. The largest absolute Gasteiger partial charge is 0.328 e. The lowest BCUT2D eigenvalue weighted by atomic mass is 10.1. The van der Waals surface area contributed by atoms with E-state index in [1.165, 1.54) is 5.52 Å². The highest BCUT2D eigenvalue weighted by atomic mass is 16.2. The van der Waals surface area contributed by atoms with E-state index in [0.717, 1.165) is 41.1 Å². The minimum absolute atomic E-state index is 0.139. The van der Waals surface area contributed by atoms with Crippen molar-refractivity contribution in [3.8, 4) is 0 Å². The maximum Gasteiger partial charge on any atom is 0.227 e. The molecule has 0 spiro atoms. The van der Waals surface area contributed by atoms with E-state index in [9.17, 15) is 4.79 Å². The summed E-state index contributed by atoms with van der Waals surface area (Å²) in [5, 5.41) is 0. The number of nitrogens with zero attached hydrogens (tertiary/aromatic N) is 3. The van der Waals surface area contributed by atoms with E-state index in [4.69, 9.17) is 4.98 Å². The van der Waals surface area contributed by atoms with Gasteiger partial charge in [-0.3, -0.25) is 4.79 Å². The quantitative estimate of drug-likeness (QED) is 0.693. The molecule has 1 aliphatic rings. The summed E-state index contributed by atoms with van der Waals surface area (Å²) in [5.41, 5.74) is 5.57. The fourth-order valence-corrected chi connectivity index (χ4v) is 4.19. The van der Waals surface area contributed by atoms with Gasteiger partial charge in [0.25, 0.3) is 0 Å². The first-order valence-electron chi connectivity index (χ1n) is 9.42. The summed E-state index contributed by atoms with van der Waals surface area (Å²) in [4.78, 5) is 19.7. The summed E-state index contributed by atoms with van der Waals surface area (Å²) in [5.74, 6) is 1.39. The van der Waals surface area contributed by atoms with E-state index in [1.807, 2.05) is 17.0 Å². The molecule has 4 nitrogen and oxygen atoms in total. The number of rotatable bonds is 4. The lowest BCUT2D eigenvalue weighted by molar-refractivity contribution is -0.117. The summed E-state index contributed by atoms with van der Waals surface area (Å²) in [6, 6.07) is 14.5. The number of aryl methyl sites for hydroxylation is 3. The van der Waals surface area contributed by atoms with Gasteiger partial charge in [-0.2, -0.15) is 0 Å². The van der Waals surface area contributed by atoms with Crippen LogP contribution in [-0.2, 0) is 11.3 Å². The van der Waals surface area contributed by atoms with Crippen molar-refractivity contribution in [2.45, 2.75) is 46.1 Å². The molecular weight excluding hydrogens is 322 g/mol. The molecule has 4 rings (SSSR count). The molecule has 0 aliphatic carbocycles. The molecule has 0 N–H and O–H groups in total. The Morgan fingerprint density at radius 2 is 1.81 bits per heavy atom. The molecule has 0 saturated carbocycles. The number of carbonyl (C=O) groups is 1. The number of aromatic nitrogens is 2. The Morgan fingerprint density at radius 1 is 1.08 bits per heavy atom. The third-order valence-electron chi connectivity index (χ3n) is 5.33. The zero-order chi connectivity index (χ0) is 18.3. The SMILES string of the molecule is CCCn1c(C2CC(=O)N(c3c(C)cccc3C)C2)nc2ccccc21. The van der Waals surface area contributed by atoms with Gasteiger partial charge in [0.05, 0.1) is 11.0 Å². The Balaban J connectivity index is 1.74. The first-order valence-corrected chi connectivity index (χ1v) is 9.42. The molecule has 1 unspecified atom stereocenters. The number of benzene rings is 2. The normalized spacial score (nSPS) is 17.4. The number of anilines is 1. The Bertz CT molecular complexity index is 952. The van der Waals surface area contributed by atoms with Gasteiger partial charge < -0.3 is 9.47 Å². The van der Waals surface area contributed by atoms with Crippen molar-refractivity contribution in [2.24, 2.45) is 0 Å². The summed E-state index contributed by atoms with van der Waals surface area (Å²) in [6.07, 6.45) is 1.58. The number of imidazole rings is 1. The molecule has 2 heterocycles. The maximum atomic E-state index is 12.8. The second kappa shape index (κ2) is 6.60. The van der Waals surface area contributed by atoms with E-state index in [1.54, 1.807) is 0 Å². The van der Waals surface area contributed by atoms with Crippen LogP contribution in [0.4, 0.5) is 5.69 Å². The second-order valence-electron chi connectivity index (χ2n) is 7.26. The highest BCUT2D eigenvalue weighted by Crippen LogP contribution is 2.36. The average molecular weight is 347 g/mol. The lowest BCUT2D eigenvalue weighted by Gasteiger charge is -2.21. The monoisotopic (exact) mass is 347 g/mol. The van der Waals surface area contributed by atoms with E-state index >= 15 is 0 Å². The van der Waals surface area contributed by atoms with Crippen LogP contribution in [0, 0.1) is 13.8 Å². The molecule has 1 amide bonds. The van der Waals surface area contributed by atoms with Gasteiger partial charge >= 0.3 is 0 Å². The van der Waals surface area contributed by atoms with E-state index in [2.05, 4.69) is 55.7 Å². The molecule has 0 bridgehead atoms. The van der Waals surface area contributed by atoms with Crippen LogP contribution in [0.3, 0.4) is 0 Å². The van der Waals surface area contributed by atoms with Gasteiger partial charge in [0.15, 0.2) is 0 Å². The highest BCUT2D eigenvalue weighted by molar-refractivity contribution is 5.98. The van der Waals surface area contributed by atoms with Crippen molar-refractivity contribution in [1.82, 2.24) is 9.55 Å². The molecular formula is C22H25N3O. The Kier molecular flexibility index (Phi) is 4.27. The Labute approximate surface area is 154 Å². The molecule has 1 aromatic heterocycles. The first kappa shape index (κ1) is 16.8. The molecule has 4 heteroatoms. The minimum atomic E-state index is 0.139. The van der Waals surface area contributed by atoms with Crippen LogP contribution >= 0.6 is 0 Å². The van der Waals surface area contributed by atoms with Crippen molar-refractivity contribution < 1.29 is 4.79 Å². The van der Waals surface area contributed by atoms with Crippen LogP contribution in [0.5, 0.6) is 0 Å². The molecule has 2 aromatic carbocycles. The predicted octanol–water partition coefficient (Wildman–Crippen LogP) is 4.58. The van der Waals surface area contributed by atoms with Gasteiger partial charge in [0.1, 0.15) is 5.82 Å². The van der Waals surface area contributed by atoms with Crippen molar-refractivity contribution in [1.29, 1.82) is 0 Å². The third kappa shape index (κ3) is 2.70. The zero-order valence-corrected chi connectivity index (χ0v) is 15.7. The van der Waals surface area contributed by atoms with Gasteiger partial charge in [0, 0.05) is 31.1 Å². The summed E-state index contributed by atoms with van der Waals surface area (Å²) < 4.78 is 2.31. The molecule has 1 atom stereocenters. The summed E-state index contributed by atoms with van der Waals surface area (Å²) in [6.45, 7) is 7.98. The van der Waals surface area contributed by atoms with Crippen LogP contribution in [0.15, 0.2) is 42.5 Å². The lowest BCUT2D eigenvalue weighted by Crippen LogP contribution is -2.26. The van der Waals surface area contributed by atoms with Gasteiger partial charge in [-0.15, -0.1) is 0 Å². The zero-order valence-electron chi connectivity index (χ0n) is 15.7. The van der Waals surface area contributed by atoms with Crippen molar-refractivity contribution in [3.63, 3.8) is 0 Å². The van der Waals surface area contributed by atoms with Crippen LogP contribution in [0.1, 0.15) is 42.6 Å². The number of fused-ring (bicyclic) bond motifs is 1. The topological polar surface area (TPSA) is 38.1 Å². The molecule has 0 radical (unpaired) electrons. The summed E-state index contributed by atoms with van der Waals surface area (Å²) in [7, 11) is 0. The highest BCUT2D eigenvalue weighted by Gasteiger charge is 2.35. The maximum absolute atomic E-state index is 12.8. The van der Waals surface area contributed by atoms with Crippen LogP contribution < -0.4 is 4.90 Å². The van der Waals surface area contributed by atoms with Crippen LogP contribution in [0.25, 0.3) is 11.0 Å². The number of para-hydroxylation sites is 3. The van der Waals surface area contributed by atoms with Crippen LogP contribution in [-0.4, -0.2) is 22.0 Å². The third-order valence-corrected chi connectivity index (χ3v) is 5.33. The van der Waals surface area contributed by atoms with E-state index in [-0.39, 0.29) is 11.8 Å². The van der Waals surface area contributed by atoms with E-state index in [0.29, 0.717) is 13.0 Å². The first-order chi connectivity index (χ1) is 12.6. The minimum Gasteiger partial charge on any atom is -0.328 e. The van der Waals surface area contributed by atoms with Gasteiger partial charge in [0.2, 0.25) is 5.91 Å². The van der Waals surface area contributed by atoms with Crippen LogP contribution in [0.2, 0.25) is 0 Å². The van der Waals surface area contributed by atoms with Gasteiger partial charge in [-0.05, 0) is 43.5 Å². The van der Waals surface area contributed by atoms with Crippen molar-refractivity contribution in [2.75, 3.05) is 11.4 Å². The molecule has 3 aromatic rings. The van der Waals surface area contributed by atoms with Gasteiger partial charge in [-0.1, -0.05) is 37.3 Å². The molecule has 26 heavy (non-hydrogen) atoms. The molecule has 1 saturated heterocycles. The fourth-order valence-electron chi connectivity index (χ4n) is 4.19. The Hall–Kier alpha value is -2.62. The van der Waals surface area contributed by atoms with Crippen molar-refractivity contribution >= 4 is 22.6 Å². The average Bonchev–Trinajstić information content (AvgIpc) is 3.17. The number of hydrogen-bond donors (Lipinski definition) is 0. The van der Waals surface area contributed by atoms with E-state index < -0.39 is 0 Å². The predicted molar refractivity (Wildman–Crippen MR) is 106 cm³/mol. The fraction of sp³-hybridized carbons (Fsp3) is 0.364. The van der Waals surface area contributed by atoms with Crippen molar-refractivity contribution in [3.05, 3.63) is 59.4 Å². The Morgan fingerprint density at radius 3 is 2.54 bits per heavy atom. The number of carbonyl (C=O) groups excluding carboxylic acids is 1. The number of amides is 1. The standard InChI is InChI=1S/C22H25N3O/c1-4-12-24-19-11-6-5-10-18(19)23-22(24)17-13-20(26)25(14-17)21-15(2)8-7-9-16(21)3/h5-11,17H,4,12-14H2,1-3H3. The summed E-state index contributed by atoms with van der Waals surface area (Å²) >= 11 is 0.